The number of aromatic nitrogens is 2. The normalized spacial score (nSPS) is 11.0. The Bertz CT molecular complexity index is 793. The van der Waals surface area contributed by atoms with E-state index in [0.717, 1.165) is 24.7 Å². The van der Waals surface area contributed by atoms with E-state index >= 15 is 0 Å². The van der Waals surface area contributed by atoms with Gasteiger partial charge in [0.25, 0.3) is 0 Å². The van der Waals surface area contributed by atoms with Gasteiger partial charge in [-0.3, -0.25) is 4.99 Å². The number of guanidine groups is 1. The summed E-state index contributed by atoms with van der Waals surface area (Å²) in [5.74, 6) is 0.803. The molecule has 0 fully saturated rings. The maximum atomic E-state index is 4.27. The third-order valence-electron chi connectivity index (χ3n) is 3.61. The van der Waals surface area contributed by atoms with E-state index in [4.69, 9.17) is 0 Å². The summed E-state index contributed by atoms with van der Waals surface area (Å²) >= 11 is 1.80. The van der Waals surface area contributed by atoms with Gasteiger partial charge in [-0.15, -0.1) is 35.3 Å². The summed E-state index contributed by atoms with van der Waals surface area (Å²) in [5.41, 5.74) is 2.25. The molecule has 25 heavy (non-hydrogen) atoms. The number of nitrogens with zero attached hydrogens (tertiary/aromatic N) is 3. The molecule has 0 saturated carbocycles. The van der Waals surface area contributed by atoms with Crippen molar-refractivity contribution < 1.29 is 0 Å². The van der Waals surface area contributed by atoms with Gasteiger partial charge in [0, 0.05) is 35.7 Å². The van der Waals surface area contributed by atoms with Crippen molar-refractivity contribution in [3.05, 3.63) is 70.2 Å². The topological polar surface area (TPSA) is 54.2 Å². The summed E-state index contributed by atoms with van der Waals surface area (Å²) in [6.45, 7) is 3.63. The second-order valence-electron chi connectivity index (χ2n) is 5.41. The monoisotopic (exact) mass is 467 g/mol. The van der Waals surface area contributed by atoms with Crippen LogP contribution in [-0.2, 0) is 13.1 Å². The van der Waals surface area contributed by atoms with Crippen molar-refractivity contribution in [3.63, 3.8) is 0 Å². The molecular formula is C18H22IN5S. The Balaban J connectivity index is 0.00000225. The molecule has 0 aliphatic heterocycles. The van der Waals surface area contributed by atoms with Gasteiger partial charge >= 0.3 is 0 Å². The van der Waals surface area contributed by atoms with Crippen molar-refractivity contribution in [1.29, 1.82) is 0 Å². The van der Waals surface area contributed by atoms with E-state index in [1.165, 1.54) is 15.3 Å². The van der Waals surface area contributed by atoms with Crippen LogP contribution in [0, 0.1) is 6.92 Å². The number of rotatable bonds is 5. The Morgan fingerprint density at radius 2 is 1.88 bits per heavy atom. The first-order chi connectivity index (χ1) is 11.7. The summed E-state index contributed by atoms with van der Waals surface area (Å²) in [6, 6.07) is 14.5. The van der Waals surface area contributed by atoms with Crippen molar-refractivity contribution in [3.8, 4) is 5.69 Å². The van der Waals surface area contributed by atoms with E-state index in [1.54, 1.807) is 24.6 Å². The van der Waals surface area contributed by atoms with Crippen LogP contribution in [0.25, 0.3) is 5.69 Å². The smallest absolute Gasteiger partial charge is 0.191 e. The number of nitrogens with one attached hydrogen (secondary N) is 2. The molecule has 2 N–H and O–H groups in total. The molecule has 1 aromatic carbocycles. The van der Waals surface area contributed by atoms with E-state index in [9.17, 15) is 0 Å². The number of thiophene rings is 1. The van der Waals surface area contributed by atoms with Crippen molar-refractivity contribution in [1.82, 2.24) is 20.4 Å². The van der Waals surface area contributed by atoms with E-state index in [1.807, 2.05) is 16.9 Å². The zero-order valence-electron chi connectivity index (χ0n) is 14.3. The number of hydrogen-bond donors (Lipinski definition) is 2. The van der Waals surface area contributed by atoms with Gasteiger partial charge in [0.1, 0.15) is 0 Å². The maximum absolute atomic E-state index is 4.27. The molecule has 0 bridgehead atoms. The quantitative estimate of drug-likeness (QED) is 0.342. The van der Waals surface area contributed by atoms with E-state index in [0.29, 0.717) is 0 Å². The molecule has 0 radical (unpaired) electrons. The van der Waals surface area contributed by atoms with Crippen molar-refractivity contribution in [2.45, 2.75) is 20.0 Å². The average molecular weight is 467 g/mol. The van der Waals surface area contributed by atoms with Gasteiger partial charge in [-0.25, -0.2) is 4.68 Å². The molecule has 0 aliphatic carbocycles. The average Bonchev–Trinajstić information content (AvgIpc) is 3.27. The number of halogens is 1. The third-order valence-corrected chi connectivity index (χ3v) is 4.62. The highest BCUT2D eigenvalue weighted by Crippen LogP contribution is 2.14. The van der Waals surface area contributed by atoms with Crippen LogP contribution in [-0.4, -0.2) is 22.8 Å². The molecule has 0 unspecified atom stereocenters. The second kappa shape index (κ2) is 9.57. The van der Waals surface area contributed by atoms with E-state index in [2.05, 4.69) is 64.0 Å². The molecule has 0 spiro atoms. The molecule has 3 rings (SSSR count). The Hall–Kier alpha value is -1.87. The molecule has 0 amide bonds. The fourth-order valence-electron chi connectivity index (χ4n) is 2.35. The fraction of sp³-hybridized carbons (Fsp3) is 0.222. The lowest BCUT2D eigenvalue weighted by molar-refractivity contribution is 0.814. The predicted octanol–water partition coefficient (Wildman–Crippen LogP) is 3.73. The fourth-order valence-corrected chi connectivity index (χ4v) is 3.18. The van der Waals surface area contributed by atoms with Crippen LogP contribution in [0.3, 0.4) is 0 Å². The van der Waals surface area contributed by atoms with Crippen LogP contribution in [0.15, 0.2) is 59.9 Å². The molecule has 0 atom stereocenters. The van der Waals surface area contributed by atoms with Crippen LogP contribution < -0.4 is 10.6 Å². The van der Waals surface area contributed by atoms with Crippen molar-refractivity contribution in [2.24, 2.45) is 4.99 Å². The van der Waals surface area contributed by atoms with Crippen LogP contribution in [0.5, 0.6) is 0 Å². The number of aryl methyl sites for hydroxylation is 1. The summed E-state index contributed by atoms with van der Waals surface area (Å²) < 4.78 is 1.85. The standard InChI is InChI=1S/C18H21N5S.HI/c1-14-4-9-17(24-14)13-21-18(19-2)20-12-15-5-7-16(8-6-15)23-11-3-10-22-23;/h3-11H,12-13H2,1-2H3,(H2,19,20,21);1H. The molecule has 3 aromatic rings. The Morgan fingerprint density at radius 1 is 1.12 bits per heavy atom. The lowest BCUT2D eigenvalue weighted by Crippen LogP contribution is -2.36. The van der Waals surface area contributed by atoms with Gasteiger partial charge in [0.15, 0.2) is 5.96 Å². The highest BCUT2D eigenvalue weighted by Gasteiger charge is 2.02. The van der Waals surface area contributed by atoms with Crippen molar-refractivity contribution in [2.75, 3.05) is 7.05 Å². The zero-order valence-corrected chi connectivity index (χ0v) is 17.4. The lowest BCUT2D eigenvalue weighted by atomic mass is 10.2. The number of hydrogen-bond acceptors (Lipinski definition) is 3. The first-order valence-corrected chi connectivity index (χ1v) is 8.65. The van der Waals surface area contributed by atoms with Gasteiger partial charge < -0.3 is 10.6 Å². The largest absolute Gasteiger partial charge is 0.352 e. The first-order valence-electron chi connectivity index (χ1n) is 7.83. The maximum Gasteiger partial charge on any atom is 0.191 e. The van der Waals surface area contributed by atoms with Crippen LogP contribution in [0.2, 0.25) is 0 Å². The molecular weight excluding hydrogens is 445 g/mol. The summed E-state index contributed by atoms with van der Waals surface area (Å²) in [6.07, 6.45) is 3.71. The summed E-state index contributed by atoms with van der Waals surface area (Å²) in [4.78, 5) is 6.90. The first kappa shape index (κ1) is 19.5. The van der Waals surface area contributed by atoms with E-state index < -0.39 is 0 Å². The Kier molecular flexibility index (Phi) is 7.45. The van der Waals surface area contributed by atoms with Gasteiger partial charge in [-0.1, -0.05) is 12.1 Å². The summed E-state index contributed by atoms with van der Waals surface area (Å²) in [5, 5.41) is 10.9. The van der Waals surface area contributed by atoms with Gasteiger partial charge in [0.2, 0.25) is 0 Å². The Morgan fingerprint density at radius 3 is 2.48 bits per heavy atom. The molecule has 0 saturated heterocycles. The highest BCUT2D eigenvalue weighted by molar-refractivity contribution is 14.0. The molecule has 7 heteroatoms. The minimum Gasteiger partial charge on any atom is -0.352 e. The molecule has 0 aliphatic rings. The third kappa shape index (κ3) is 5.57. The Labute approximate surface area is 169 Å². The molecule has 2 heterocycles. The second-order valence-corrected chi connectivity index (χ2v) is 6.78. The number of aliphatic imine (C=N–C) groups is 1. The van der Waals surface area contributed by atoms with Crippen molar-refractivity contribution >= 4 is 41.3 Å². The molecule has 2 aromatic heterocycles. The summed E-state index contributed by atoms with van der Waals surface area (Å²) in [7, 11) is 1.79. The highest BCUT2D eigenvalue weighted by atomic mass is 127. The molecule has 5 nitrogen and oxygen atoms in total. The SMILES string of the molecule is CN=C(NCc1ccc(-n2cccn2)cc1)NCc1ccc(C)s1.I. The minimum atomic E-state index is 0. The predicted molar refractivity (Wildman–Crippen MR) is 115 cm³/mol. The van der Waals surface area contributed by atoms with Gasteiger partial charge in [-0.2, -0.15) is 5.10 Å². The lowest BCUT2D eigenvalue weighted by Gasteiger charge is -2.11. The van der Waals surface area contributed by atoms with Gasteiger partial charge in [-0.05, 0) is 42.8 Å². The van der Waals surface area contributed by atoms with Gasteiger partial charge in [0.05, 0.1) is 12.2 Å². The van der Waals surface area contributed by atoms with Crippen LogP contribution in [0.1, 0.15) is 15.3 Å². The molecule has 132 valence electrons. The van der Waals surface area contributed by atoms with E-state index in [-0.39, 0.29) is 24.0 Å². The zero-order chi connectivity index (χ0) is 16.8. The minimum absolute atomic E-state index is 0. The van der Waals surface area contributed by atoms with Crippen LogP contribution in [0.4, 0.5) is 0 Å². The number of benzene rings is 1. The van der Waals surface area contributed by atoms with Crippen LogP contribution >= 0.6 is 35.3 Å².